The highest BCUT2D eigenvalue weighted by atomic mass is 32.1. The number of benzene rings is 2. The van der Waals surface area contributed by atoms with Gasteiger partial charge in [0, 0.05) is 11.3 Å². The lowest BCUT2D eigenvalue weighted by Crippen LogP contribution is -2.20. The fourth-order valence-corrected chi connectivity index (χ4v) is 3.42. The number of nitrogens with one attached hydrogen (secondary N) is 1. The zero-order valence-corrected chi connectivity index (χ0v) is 15.7. The summed E-state index contributed by atoms with van der Waals surface area (Å²) in [6.07, 6.45) is 0. The minimum absolute atomic E-state index is 0.0524. The summed E-state index contributed by atoms with van der Waals surface area (Å²) in [6, 6.07) is 15.1. The Balaban J connectivity index is 1.44. The number of hydrogen-bond donors (Lipinski definition) is 1. The molecule has 2 heterocycles. The SMILES string of the molecule is Cc1ccc(OCC(=O)Nc2cccc(-c3nn4c(C)nnc4s3)c2)cc1. The molecule has 0 fully saturated rings. The number of aryl methyl sites for hydroxylation is 2. The first-order chi connectivity index (χ1) is 13.1. The van der Waals surface area contributed by atoms with E-state index in [1.54, 1.807) is 4.52 Å². The van der Waals surface area contributed by atoms with Crippen molar-refractivity contribution in [3.63, 3.8) is 0 Å². The Kier molecular flexibility index (Phi) is 4.55. The summed E-state index contributed by atoms with van der Waals surface area (Å²) < 4.78 is 7.22. The molecule has 0 aliphatic heterocycles. The normalized spacial score (nSPS) is 10.9. The third-order valence-corrected chi connectivity index (χ3v) is 4.88. The molecular formula is C19H17N5O2S. The maximum Gasteiger partial charge on any atom is 0.262 e. The third-order valence-electron chi connectivity index (χ3n) is 3.93. The highest BCUT2D eigenvalue weighted by molar-refractivity contribution is 7.19. The second kappa shape index (κ2) is 7.16. The van der Waals surface area contributed by atoms with Gasteiger partial charge in [-0.2, -0.15) is 9.61 Å². The van der Waals surface area contributed by atoms with Crippen molar-refractivity contribution in [1.82, 2.24) is 19.8 Å². The largest absolute Gasteiger partial charge is 0.484 e. The number of nitrogens with zero attached hydrogens (tertiary/aromatic N) is 4. The number of amides is 1. The van der Waals surface area contributed by atoms with Gasteiger partial charge in [-0.1, -0.05) is 41.2 Å². The number of anilines is 1. The molecule has 1 amide bonds. The van der Waals surface area contributed by atoms with Crippen molar-refractivity contribution in [3.8, 4) is 16.3 Å². The maximum atomic E-state index is 12.2. The zero-order valence-electron chi connectivity index (χ0n) is 14.8. The van der Waals surface area contributed by atoms with Crippen LogP contribution in [0.2, 0.25) is 0 Å². The van der Waals surface area contributed by atoms with Gasteiger partial charge in [-0.15, -0.1) is 10.2 Å². The van der Waals surface area contributed by atoms with Crippen molar-refractivity contribution in [3.05, 3.63) is 59.9 Å². The van der Waals surface area contributed by atoms with Crippen molar-refractivity contribution in [2.24, 2.45) is 0 Å². The highest BCUT2D eigenvalue weighted by Gasteiger charge is 2.11. The molecule has 2 aromatic carbocycles. The second-order valence-corrected chi connectivity index (χ2v) is 7.04. The van der Waals surface area contributed by atoms with Crippen LogP contribution in [0.25, 0.3) is 15.5 Å². The molecule has 0 saturated carbocycles. The molecule has 8 heteroatoms. The molecule has 0 aliphatic carbocycles. The van der Waals surface area contributed by atoms with Crippen LogP contribution in [0.15, 0.2) is 48.5 Å². The molecule has 2 aromatic heterocycles. The number of carbonyl (C=O) groups excluding carboxylic acids is 1. The number of aromatic nitrogens is 4. The molecule has 0 atom stereocenters. The van der Waals surface area contributed by atoms with E-state index in [-0.39, 0.29) is 12.5 Å². The Morgan fingerprint density at radius 3 is 2.74 bits per heavy atom. The van der Waals surface area contributed by atoms with Gasteiger partial charge in [0.25, 0.3) is 5.91 Å². The van der Waals surface area contributed by atoms with Crippen LogP contribution in [0.5, 0.6) is 5.75 Å². The summed E-state index contributed by atoms with van der Waals surface area (Å²) in [4.78, 5) is 12.9. The molecular weight excluding hydrogens is 362 g/mol. The zero-order chi connectivity index (χ0) is 18.8. The Morgan fingerprint density at radius 2 is 1.96 bits per heavy atom. The van der Waals surface area contributed by atoms with Crippen LogP contribution in [-0.4, -0.2) is 32.3 Å². The Bertz CT molecular complexity index is 1100. The van der Waals surface area contributed by atoms with E-state index in [0.717, 1.165) is 26.9 Å². The molecule has 7 nitrogen and oxygen atoms in total. The van der Waals surface area contributed by atoms with Gasteiger partial charge in [0.2, 0.25) is 4.96 Å². The van der Waals surface area contributed by atoms with Gasteiger partial charge in [-0.25, -0.2) is 0 Å². The Hall–Kier alpha value is -3.26. The van der Waals surface area contributed by atoms with Gasteiger partial charge in [0.15, 0.2) is 12.4 Å². The van der Waals surface area contributed by atoms with Crippen LogP contribution in [0.1, 0.15) is 11.4 Å². The smallest absolute Gasteiger partial charge is 0.262 e. The van der Waals surface area contributed by atoms with E-state index < -0.39 is 0 Å². The third kappa shape index (κ3) is 3.80. The first-order valence-corrected chi connectivity index (χ1v) is 9.19. The quantitative estimate of drug-likeness (QED) is 0.574. The molecule has 4 aromatic rings. The van der Waals surface area contributed by atoms with E-state index >= 15 is 0 Å². The molecule has 0 radical (unpaired) electrons. The van der Waals surface area contributed by atoms with Crippen molar-refractivity contribution in [2.45, 2.75) is 13.8 Å². The highest BCUT2D eigenvalue weighted by Crippen LogP contribution is 2.27. The molecule has 0 aliphatic rings. The van der Waals surface area contributed by atoms with Crippen LogP contribution < -0.4 is 10.1 Å². The second-order valence-electron chi connectivity index (χ2n) is 6.08. The van der Waals surface area contributed by atoms with Crippen LogP contribution >= 0.6 is 11.3 Å². The minimum Gasteiger partial charge on any atom is -0.484 e. The van der Waals surface area contributed by atoms with Crippen LogP contribution in [0, 0.1) is 13.8 Å². The van der Waals surface area contributed by atoms with E-state index in [1.165, 1.54) is 11.3 Å². The average molecular weight is 379 g/mol. The van der Waals surface area contributed by atoms with Gasteiger partial charge >= 0.3 is 0 Å². The summed E-state index contributed by atoms with van der Waals surface area (Å²) in [5, 5.41) is 16.2. The molecule has 0 spiro atoms. The van der Waals surface area contributed by atoms with E-state index in [2.05, 4.69) is 20.6 Å². The summed E-state index contributed by atoms with van der Waals surface area (Å²) in [6.45, 7) is 3.80. The minimum atomic E-state index is -0.221. The van der Waals surface area contributed by atoms with Crippen molar-refractivity contribution < 1.29 is 9.53 Å². The lowest BCUT2D eigenvalue weighted by molar-refractivity contribution is -0.118. The number of rotatable bonds is 5. The first-order valence-electron chi connectivity index (χ1n) is 8.37. The lowest BCUT2D eigenvalue weighted by atomic mass is 10.2. The van der Waals surface area contributed by atoms with Crippen molar-refractivity contribution in [2.75, 3.05) is 11.9 Å². The first kappa shape index (κ1) is 17.2. The van der Waals surface area contributed by atoms with Crippen molar-refractivity contribution >= 4 is 27.9 Å². The standard InChI is InChI=1S/C19H17N5O2S/c1-12-6-8-16(9-7-12)26-11-17(25)20-15-5-3-4-14(10-15)18-23-24-13(2)21-22-19(24)27-18/h3-10H,11H2,1-2H3,(H,20,25). The molecule has 0 bridgehead atoms. The average Bonchev–Trinajstić information content (AvgIpc) is 3.24. The lowest BCUT2D eigenvalue weighted by Gasteiger charge is -2.08. The summed E-state index contributed by atoms with van der Waals surface area (Å²) in [7, 11) is 0. The molecule has 1 N–H and O–H groups in total. The number of ether oxygens (including phenoxy) is 1. The van der Waals surface area contributed by atoms with Crippen LogP contribution in [0.4, 0.5) is 5.69 Å². The summed E-state index contributed by atoms with van der Waals surface area (Å²) >= 11 is 1.45. The number of fused-ring (bicyclic) bond motifs is 1. The predicted molar refractivity (Wildman–Crippen MR) is 104 cm³/mol. The van der Waals surface area contributed by atoms with Crippen molar-refractivity contribution in [1.29, 1.82) is 0 Å². The van der Waals surface area contributed by atoms with Gasteiger partial charge in [0.05, 0.1) is 0 Å². The van der Waals surface area contributed by atoms with E-state index in [0.29, 0.717) is 11.4 Å². The van der Waals surface area contributed by atoms with E-state index in [9.17, 15) is 4.79 Å². The Labute approximate surface area is 159 Å². The van der Waals surface area contributed by atoms with Crippen LogP contribution in [-0.2, 0) is 4.79 Å². The molecule has 136 valence electrons. The molecule has 0 unspecified atom stereocenters. The fourth-order valence-electron chi connectivity index (χ4n) is 2.54. The van der Waals surface area contributed by atoms with Gasteiger partial charge in [-0.3, -0.25) is 4.79 Å². The monoisotopic (exact) mass is 379 g/mol. The van der Waals surface area contributed by atoms with E-state index in [4.69, 9.17) is 4.74 Å². The Morgan fingerprint density at radius 1 is 1.15 bits per heavy atom. The topological polar surface area (TPSA) is 81.4 Å². The van der Waals surface area contributed by atoms with E-state index in [1.807, 2.05) is 62.4 Å². The molecule has 27 heavy (non-hydrogen) atoms. The molecule has 0 saturated heterocycles. The predicted octanol–water partition coefficient (Wildman–Crippen LogP) is 3.49. The van der Waals surface area contributed by atoms with Gasteiger partial charge < -0.3 is 10.1 Å². The van der Waals surface area contributed by atoms with Gasteiger partial charge in [0.1, 0.15) is 10.8 Å². The maximum absolute atomic E-state index is 12.2. The summed E-state index contributed by atoms with van der Waals surface area (Å²) in [5.74, 6) is 1.19. The molecule has 4 rings (SSSR count). The number of carbonyl (C=O) groups is 1. The fraction of sp³-hybridized carbons (Fsp3) is 0.158. The summed E-state index contributed by atoms with van der Waals surface area (Å²) in [5.41, 5.74) is 2.74. The van der Waals surface area contributed by atoms with Gasteiger partial charge in [-0.05, 0) is 38.1 Å². The van der Waals surface area contributed by atoms with Crippen LogP contribution in [0.3, 0.4) is 0 Å². The number of hydrogen-bond acceptors (Lipinski definition) is 6.